The zero-order valence-electron chi connectivity index (χ0n) is 9.55. The Morgan fingerprint density at radius 3 is 2.88 bits per heavy atom. The Morgan fingerprint density at radius 2 is 2.31 bits per heavy atom. The Hall–Kier alpha value is -1.32. The third-order valence-electron chi connectivity index (χ3n) is 3.82. The lowest BCUT2D eigenvalue weighted by molar-refractivity contribution is 0.466. The molecule has 0 radical (unpaired) electrons. The van der Waals surface area contributed by atoms with Gasteiger partial charge in [-0.05, 0) is 43.9 Å². The second-order valence-corrected chi connectivity index (χ2v) is 5.21. The molecule has 2 aliphatic carbocycles. The van der Waals surface area contributed by atoms with Crippen molar-refractivity contribution in [2.75, 3.05) is 11.9 Å². The molecule has 1 aromatic rings. The summed E-state index contributed by atoms with van der Waals surface area (Å²) in [4.78, 5) is 18.2. The predicted molar refractivity (Wildman–Crippen MR) is 62.5 cm³/mol. The van der Waals surface area contributed by atoms with Crippen LogP contribution in [0.25, 0.3) is 0 Å². The Bertz CT molecular complexity index is 458. The van der Waals surface area contributed by atoms with Gasteiger partial charge in [0.15, 0.2) is 0 Å². The smallest absolute Gasteiger partial charge is 0.252 e. The number of nitrogens with one attached hydrogen (secondary N) is 2. The molecule has 86 valence electrons. The number of aromatic nitrogens is 2. The highest BCUT2D eigenvalue weighted by molar-refractivity contribution is 5.34. The Balaban J connectivity index is 1.68. The fourth-order valence-corrected chi connectivity index (χ4v) is 2.52. The van der Waals surface area contributed by atoms with E-state index < -0.39 is 0 Å². The molecule has 0 aliphatic heterocycles. The minimum Gasteiger partial charge on any atom is -0.369 e. The first kappa shape index (κ1) is 9.87. The van der Waals surface area contributed by atoms with E-state index in [1.54, 1.807) is 6.92 Å². The Morgan fingerprint density at radius 1 is 1.56 bits per heavy atom. The molecule has 0 spiro atoms. The lowest BCUT2D eigenvalue weighted by Gasteiger charge is -2.15. The van der Waals surface area contributed by atoms with Crippen molar-refractivity contribution in [1.82, 2.24) is 9.97 Å². The van der Waals surface area contributed by atoms with Crippen LogP contribution in [0.4, 0.5) is 5.82 Å². The molecule has 0 unspecified atom stereocenters. The summed E-state index contributed by atoms with van der Waals surface area (Å²) in [6.07, 6.45) is 5.46. The molecule has 0 atom stereocenters. The first-order valence-electron chi connectivity index (χ1n) is 6.00. The summed E-state index contributed by atoms with van der Waals surface area (Å²) in [7, 11) is 0. The third kappa shape index (κ3) is 1.84. The molecule has 1 heterocycles. The van der Waals surface area contributed by atoms with Crippen molar-refractivity contribution < 1.29 is 0 Å². The molecular weight excluding hydrogens is 202 g/mol. The molecule has 4 nitrogen and oxygen atoms in total. The Kier molecular flexibility index (Phi) is 2.06. The van der Waals surface area contributed by atoms with E-state index >= 15 is 0 Å². The lowest BCUT2D eigenvalue weighted by Crippen LogP contribution is -2.20. The summed E-state index contributed by atoms with van der Waals surface area (Å²) in [5, 5.41) is 3.32. The molecule has 4 heteroatoms. The van der Waals surface area contributed by atoms with Crippen LogP contribution in [-0.4, -0.2) is 16.5 Å². The van der Waals surface area contributed by atoms with Crippen LogP contribution in [-0.2, 0) is 0 Å². The van der Waals surface area contributed by atoms with E-state index in [4.69, 9.17) is 0 Å². The number of aromatic amines is 1. The summed E-state index contributed by atoms with van der Waals surface area (Å²) in [6.45, 7) is 2.79. The van der Waals surface area contributed by atoms with Crippen molar-refractivity contribution in [3.63, 3.8) is 0 Å². The van der Waals surface area contributed by atoms with Gasteiger partial charge in [-0.1, -0.05) is 0 Å². The number of anilines is 1. The summed E-state index contributed by atoms with van der Waals surface area (Å²) < 4.78 is 0. The zero-order valence-corrected chi connectivity index (χ0v) is 9.55. The molecule has 2 saturated carbocycles. The van der Waals surface area contributed by atoms with Crippen molar-refractivity contribution in [3.8, 4) is 0 Å². The van der Waals surface area contributed by atoms with Crippen LogP contribution >= 0.6 is 0 Å². The fraction of sp³-hybridized carbons (Fsp3) is 0.667. The van der Waals surface area contributed by atoms with Gasteiger partial charge in [0.2, 0.25) is 0 Å². The summed E-state index contributed by atoms with van der Waals surface area (Å²) in [6, 6.07) is 1.54. The molecule has 16 heavy (non-hydrogen) atoms. The van der Waals surface area contributed by atoms with E-state index in [-0.39, 0.29) is 5.56 Å². The SMILES string of the molecule is Cc1nc(NCC2(C3CC3)CC2)cc(=O)[nH]1. The van der Waals surface area contributed by atoms with E-state index in [9.17, 15) is 4.79 Å². The number of nitrogens with zero attached hydrogens (tertiary/aromatic N) is 1. The summed E-state index contributed by atoms with van der Waals surface area (Å²) >= 11 is 0. The average Bonchev–Trinajstić information content (AvgIpc) is 3.07. The van der Waals surface area contributed by atoms with Gasteiger partial charge >= 0.3 is 0 Å². The van der Waals surface area contributed by atoms with E-state index in [0.717, 1.165) is 12.5 Å². The highest BCUT2D eigenvalue weighted by atomic mass is 16.1. The van der Waals surface area contributed by atoms with Gasteiger partial charge in [-0.25, -0.2) is 4.98 Å². The van der Waals surface area contributed by atoms with Crippen LogP contribution in [0, 0.1) is 18.3 Å². The molecule has 0 amide bonds. The van der Waals surface area contributed by atoms with Crippen LogP contribution in [0.2, 0.25) is 0 Å². The summed E-state index contributed by atoms with van der Waals surface area (Å²) in [5.41, 5.74) is 0.462. The largest absolute Gasteiger partial charge is 0.369 e. The first-order valence-corrected chi connectivity index (χ1v) is 6.00. The van der Waals surface area contributed by atoms with Gasteiger partial charge in [0, 0.05) is 12.6 Å². The van der Waals surface area contributed by atoms with Crippen LogP contribution in [0.5, 0.6) is 0 Å². The minimum atomic E-state index is -0.0775. The Labute approximate surface area is 94.5 Å². The van der Waals surface area contributed by atoms with Gasteiger partial charge in [-0.3, -0.25) is 4.79 Å². The van der Waals surface area contributed by atoms with Crippen molar-refractivity contribution in [2.24, 2.45) is 11.3 Å². The van der Waals surface area contributed by atoms with Crippen LogP contribution in [0.3, 0.4) is 0 Å². The maximum Gasteiger partial charge on any atom is 0.252 e. The van der Waals surface area contributed by atoms with Gasteiger partial charge in [0.05, 0.1) is 0 Å². The number of hydrogen-bond acceptors (Lipinski definition) is 3. The number of H-pyrrole nitrogens is 1. The summed E-state index contributed by atoms with van der Waals surface area (Å²) in [5.74, 6) is 2.32. The van der Waals surface area contributed by atoms with Crippen molar-refractivity contribution in [3.05, 3.63) is 22.2 Å². The van der Waals surface area contributed by atoms with E-state index in [1.165, 1.54) is 31.7 Å². The number of aryl methyl sites for hydroxylation is 1. The second kappa shape index (κ2) is 3.34. The van der Waals surface area contributed by atoms with Gasteiger partial charge in [-0.2, -0.15) is 0 Å². The topological polar surface area (TPSA) is 57.8 Å². The molecule has 2 fully saturated rings. The molecule has 0 aromatic carbocycles. The van der Waals surface area contributed by atoms with Crippen LogP contribution in [0.15, 0.2) is 10.9 Å². The van der Waals surface area contributed by atoms with Gasteiger partial charge < -0.3 is 10.3 Å². The van der Waals surface area contributed by atoms with Crippen LogP contribution in [0.1, 0.15) is 31.5 Å². The van der Waals surface area contributed by atoms with Gasteiger partial charge in [0.25, 0.3) is 5.56 Å². The van der Waals surface area contributed by atoms with E-state index in [0.29, 0.717) is 17.1 Å². The molecule has 3 rings (SSSR count). The lowest BCUT2D eigenvalue weighted by atomic mass is 10.0. The first-order chi connectivity index (χ1) is 7.68. The average molecular weight is 219 g/mol. The number of hydrogen-bond donors (Lipinski definition) is 2. The zero-order chi connectivity index (χ0) is 11.2. The highest BCUT2D eigenvalue weighted by Crippen LogP contribution is 2.61. The van der Waals surface area contributed by atoms with Crippen LogP contribution < -0.4 is 10.9 Å². The maximum absolute atomic E-state index is 11.3. The monoisotopic (exact) mass is 219 g/mol. The molecule has 0 bridgehead atoms. The molecule has 2 aliphatic rings. The van der Waals surface area contributed by atoms with E-state index in [2.05, 4.69) is 15.3 Å². The predicted octanol–water partition coefficient (Wildman–Crippen LogP) is 1.68. The third-order valence-corrected chi connectivity index (χ3v) is 3.82. The van der Waals surface area contributed by atoms with Gasteiger partial charge in [-0.15, -0.1) is 0 Å². The minimum absolute atomic E-state index is 0.0775. The van der Waals surface area contributed by atoms with Gasteiger partial charge in [0.1, 0.15) is 11.6 Å². The fourth-order valence-electron chi connectivity index (χ4n) is 2.52. The second-order valence-electron chi connectivity index (χ2n) is 5.21. The normalized spacial score (nSPS) is 21.8. The van der Waals surface area contributed by atoms with E-state index in [1.807, 2.05) is 0 Å². The molecular formula is C12H17N3O. The van der Waals surface area contributed by atoms with Crippen molar-refractivity contribution in [1.29, 1.82) is 0 Å². The maximum atomic E-state index is 11.3. The molecule has 2 N–H and O–H groups in total. The van der Waals surface area contributed by atoms with Crippen molar-refractivity contribution in [2.45, 2.75) is 32.6 Å². The highest BCUT2D eigenvalue weighted by Gasteiger charge is 2.53. The van der Waals surface area contributed by atoms with Crippen molar-refractivity contribution >= 4 is 5.82 Å². The molecule has 1 aromatic heterocycles. The standard InChI is InChI=1S/C12H17N3O/c1-8-14-10(6-11(16)15-8)13-7-12(4-5-12)9-2-3-9/h6,9H,2-5,7H2,1H3,(H2,13,14,15,16). The molecule has 0 saturated heterocycles. The number of rotatable bonds is 4. The quantitative estimate of drug-likeness (QED) is 0.810.